The Morgan fingerprint density at radius 1 is 1.07 bits per heavy atom. The van der Waals surface area contributed by atoms with Gasteiger partial charge in [-0.25, -0.2) is 0 Å². The van der Waals surface area contributed by atoms with Gasteiger partial charge in [-0.1, -0.05) is 65.5 Å². The minimum absolute atomic E-state index is 0.105. The van der Waals surface area contributed by atoms with Crippen LogP contribution in [0.1, 0.15) is 44.6 Å². The molecule has 0 saturated heterocycles. The fraction of sp³-hybridized carbons (Fsp3) is 0.417. The largest absolute Gasteiger partial charge is 0.484 e. The summed E-state index contributed by atoms with van der Waals surface area (Å²) in [6, 6.07) is 16.6. The van der Waals surface area contributed by atoms with Crippen LogP contribution in [0, 0.1) is 0 Å². The Labute approximate surface area is 186 Å². The molecule has 2 amide bonds. The van der Waals surface area contributed by atoms with Gasteiger partial charge in [-0.05, 0) is 49.6 Å². The molecule has 2 aromatic carbocycles. The lowest BCUT2D eigenvalue weighted by atomic mass is 9.95. The average Bonchev–Trinajstić information content (AvgIpc) is 2.78. The zero-order valence-electron chi connectivity index (χ0n) is 17.4. The Morgan fingerprint density at radius 3 is 2.40 bits per heavy atom. The van der Waals surface area contributed by atoms with Gasteiger partial charge >= 0.3 is 0 Å². The van der Waals surface area contributed by atoms with Crippen molar-refractivity contribution >= 4 is 27.7 Å². The van der Waals surface area contributed by atoms with E-state index < -0.39 is 6.04 Å². The number of ether oxygens (including phenoxy) is 1. The molecule has 1 atom stereocenters. The molecule has 1 saturated carbocycles. The highest BCUT2D eigenvalue weighted by molar-refractivity contribution is 9.10. The predicted molar refractivity (Wildman–Crippen MR) is 121 cm³/mol. The van der Waals surface area contributed by atoms with Crippen LogP contribution in [0.4, 0.5) is 0 Å². The number of rotatable bonds is 8. The summed E-state index contributed by atoms with van der Waals surface area (Å²) in [5.41, 5.74) is 0.962. The van der Waals surface area contributed by atoms with E-state index in [1.165, 1.54) is 6.42 Å². The normalized spacial score (nSPS) is 15.3. The summed E-state index contributed by atoms with van der Waals surface area (Å²) in [7, 11) is 0. The number of nitrogens with one attached hydrogen (secondary N) is 1. The number of para-hydroxylation sites is 1. The Hall–Kier alpha value is -2.34. The lowest BCUT2D eigenvalue weighted by Crippen LogP contribution is -2.51. The van der Waals surface area contributed by atoms with Gasteiger partial charge in [-0.15, -0.1) is 0 Å². The van der Waals surface area contributed by atoms with E-state index >= 15 is 0 Å². The summed E-state index contributed by atoms with van der Waals surface area (Å²) in [6.07, 6.45) is 5.54. The number of halogens is 1. The molecule has 30 heavy (non-hydrogen) atoms. The molecule has 0 unspecified atom stereocenters. The van der Waals surface area contributed by atoms with Crippen LogP contribution >= 0.6 is 15.9 Å². The Morgan fingerprint density at radius 2 is 1.73 bits per heavy atom. The predicted octanol–water partition coefficient (Wildman–Crippen LogP) is 4.69. The zero-order chi connectivity index (χ0) is 21.3. The molecule has 5 nitrogen and oxygen atoms in total. The van der Waals surface area contributed by atoms with Crippen molar-refractivity contribution < 1.29 is 14.3 Å². The van der Waals surface area contributed by atoms with Gasteiger partial charge in [0.2, 0.25) is 5.91 Å². The third-order valence-electron chi connectivity index (χ3n) is 5.49. The first-order chi connectivity index (χ1) is 14.5. The van der Waals surface area contributed by atoms with Gasteiger partial charge in [0.15, 0.2) is 6.61 Å². The van der Waals surface area contributed by atoms with E-state index in [4.69, 9.17) is 4.74 Å². The van der Waals surface area contributed by atoms with Crippen LogP contribution in [0.15, 0.2) is 59.1 Å². The fourth-order valence-electron chi connectivity index (χ4n) is 3.68. The standard InChI is InChI=1S/C24H29BrN2O3/c1-18(24(29)26-21-8-4-2-5-9-21)27(16-19-12-14-20(25)15-13-19)23(28)17-30-22-10-6-3-7-11-22/h3,6-7,10-15,18,21H,2,4-5,8-9,16-17H2,1H3,(H,26,29)/t18-/m1/s1. The topological polar surface area (TPSA) is 58.6 Å². The van der Waals surface area contributed by atoms with Crippen LogP contribution in [0.2, 0.25) is 0 Å². The first-order valence-corrected chi connectivity index (χ1v) is 11.3. The van der Waals surface area contributed by atoms with E-state index in [-0.39, 0.29) is 24.5 Å². The SMILES string of the molecule is C[C@H](C(=O)NC1CCCCC1)N(Cc1ccc(Br)cc1)C(=O)COc1ccccc1. The monoisotopic (exact) mass is 472 g/mol. The maximum Gasteiger partial charge on any atom is 0.261 e. The van der Waals surface area contributed by atoms with Crippen molar-refractivity contribution in [1.82, 2.24) is 10.2 Å². The molecular weight excluding hydrogens is 444 g/mol. The molecule has 1 N–H and O–H groups in total. The van der Waals surface area contributed by atoms with Crippen molar-refractivity contribution in [2.75, 3.05) is 6.61 Å². The van der Waals surface area contributed by atoms with Crippen LogP contribution in [-0.4, -0.2) is 35.4 Å². The van der Waals surface area contributed by atoms with Crippen molar-refractivity contribution in [2.24, 2.45) is 0 Å². The number of hydrogen-bond acceptors (Lipinski definition) is 3. The Kier molecular flexibility index (Phi) is 8.31. The first-order valence-electron chi connectivity index (χ1n) is 10.5. The molecule has 160 valence electrons. The summed E-state index contributed by atoms with van der Waals surface area (Å²) in [6.45, 7) is 2.03. The quantitative estimate of drug-likeness (QED) is 0.605. The lowest BCUT2D eigenvalue weighted by Gasteiger charge is -2.31. The van der Waals surface area contributed by atoms with E-state index in [0.29, 0.717) is 12.3 Å². The molecule has 1 fully saturated rings. The van der Waals surface area contributed by atoms with Crippen LogP contribution in [0.5, 0.6) is 5.75 Å². The molecule has 0 heterocycles. The minimum Gasteiger partial charge on any atom is -0.484 e. The molecule has 0 aromatic heterocycles. The van der Waals surface area contributed by atoms with Gasteiger partial charge in [0, 0.05) is 17.1 Å². The summed E-state index contributed by atoms with van der Waals surface area (Å²) < 4.78 is 6.63. The van der Waals surface area contributed by atoms with Crippen molar-refractivity contribution in [3.05, 3.63) is 64.6 Å². The number of benzene rings is 2. The number of carbonyl (C=O) groups excluding carboxylic acids is 2. The molecule has 0 aliphatic heterocycles. The van der Waals surface area contributed by atoms with E-state index in [1.54, 1.807) is 11.8 Å². The number of hydrogen-bond donors (Lipinski definition) is 1. The Bertz CT molecular complexity index is 820. The van der Waals surface area contributed by atoms with Gasteiger partial charge in [0.1, 0.15) is 11.8 Å². The molecule has 2 aromatic rings. The zero-order valence-corrected chi connectivity index (χ0v) is 18.9. The summed E-state index contributed by atoms with van der Waals surface area (Å²) in [5, 5.41) is 3.14. The molecule has 0 bridgehead atoms. The van der Waals surface area contributed by atoms with Crippen LogP contribution in [0.3, 0.4) is 0 Å². The summed E-state index contributed by atoms with van der Waals surface area (Å²) in [5.74, 6) is 0.314. The van der Waals surface area contributed by atoms with Crippen molar-refractivity contribution in [3.8, 4) is 5.75 Å². The molecule has 6 heteroatoms. The number of amides is 2. The van der Waals surface area contributed by atoms with E-state index in [0.717, 1.165) is 35.7 Å². The van der Waals surface area contributed by atoms with Gasteiger partial charge < -0.3 is 15.0 Å². The van der Waals surface area contributed by atoms with Gasteiger partial charge in [-0.3, -0.25) is 9.59 Å². The lowest BCUT2D eigenvalue weighted by molar-refractivity contribution is -0.142. The summed E-state index contributed by atoms with van der Waals surface area (Å²) >= 11 is 3.43. The smallest absolute Gasteiger partial charge is 0.261 e. The van der Waals surface area contributed by atoms with E-state index in [1.807, 2.05) is 54.6 Å². The second-order valence-corrected chi connectivity index (χ2v) is 8.69. The molecule has 3 rings (SSSR count). The maximum absolute atomic E-state index is 13.0. The third-order valence-corrected chi connectivity index (χ3v) is 6.02. The molecular formula is C24H29BrN2O3. The van der Waals surface area contributed by atoms with Crippen molar-refractivity contribution in [3.63, 3.8) is 0 Å². The summed E-state index contributed by atoms with van der Waals surface area (Å²) in [4.78, 5) is 27.6. The average molecular weight is 473 g/mol. The second kappa shape index (κ2) is 11.2. The minimum atomic E-state index is -0.581. The van der Waals surface area contributed by atoms with Gasteiger partial charge in [0.05, 0.1) is 0 Å². The first kappa shape index (κ1) is 22.3. The van der Waals surface area contributed by atoms with Gasteiger partial charge in [-0.2, -0.15) is 0 Å². The number of nitrogens with zero attached hydrogens (tertiary/aromatic N) is 1. The van der Waals surface area contributed by atoms with E-state index in [9.17, 15) is 9.59 Å². The van der Waals surface area contributed by atoms with Crippen LogP contribution in [0.25, 0.3) is 0 Å². The molecule has 0 spiro atoms. The Balaban J connectivity index is 1.68. The second-order valence-electron chi connectivity index (χ2n) is 7.77. The third kappa shape index (κ3) is 6.59. The van der Waals surface area contributed by atoms with Gasteiger partial charge in [0.25, 0.3) is 5.91 Å². The van der Waals surface area contributed by atoms with Crippen molar-refractivity contribution in [1.29, 1.82) is 0 Å². The molecule has 1 aliphatic rings. The van der Waals surface area contributed by atoms with Crippen LogP contribution in [-0.2, 0) is 16.1 Å². The highest BCUT2D eigenvalue weighted by Crippen LogP contribution is 2.19. The maximum atomic E-state index is 13.0. The molecule has 1 aliphatic carbocycles. The highest BCUT2D eigenvalue weighted by atomic mass is 79.9. The highest BCUT2D eigenvalue weighted by Gasteiger charge is 2.28. The van der Waals surface area contributed by atoms with E-state index in [2.05, 4.69) is 21.2 Å². The molecule has 0 radical (unpaired) electrons. The fourth-order valence-corrected chi connectivity index (χ4v) is 3.95. The number of carbonyl (C=O) groups is 2. The van der Waals surface area contributed by atoms with Crippen LogP contribution < -0.4 is 10.1 Å². The van der Waals surface area contributed by atoms with Crippen molar-refractivity contribution in [2.45, 2.75) is 57.7 Å².